The lowest BCUT2D eigenvalue weighted by atomic mass is 9.85. The van der Waals surface area contributed by atoms with Crippen molar-refractivity contribution in [3.05, 3.63) is 180 Å². The van der Waals surface area contributed by atoms with E-state index in [1.54, 1.807) is 95.5 Å². The Kier molecular flexibility index (Phi) is 24.6. The van der Waals surface area contributed by atoms with Crippen LogP contribution in [0.4, 0.5) is 9.59 Å². The molecule has 6 aliphatic rings. The van der Waals surface area contributed by atoms with Gasteiger partial charge in [-0.25, -0.2) is 45.7 Å². The molecule has 12 rings (SSSR count). The second kappa shape index (κ2) is 32.8. The zero-order chi connectivity index (χ0) is 82.9. The van der Waals surface area contributed by atoms with E-state index in [2.05, 4.69) is 49.3 Å². The summed E-state index contributed by atoms with van der Waals surface area (Å²) in [6.45, 7) is 28.0. The minimum absolute atomic E-state index is 0.0266. The number of carbonyl (C=O) groups is 8. The van der Waals surface area contributed by atoms with Gasteiger partial charge >= 0.3 is 18.2 Å². The first-order valence-corrected chi connectivity index (χ1v) is 40.7. The molecule has 29 nitrogen and oxygen atoms in total. The van der Waals surface area contributed by atoms with E-state index >= 15 is 0 Å². The first-order chi connectivity index (χ1) is 52.8. The van der Waals surface area contributed by atoms with Crippen LogP contribution in [-0.4, -0.2) is 169 Å². The number of carboxylic acids is 1. The van der Waals surface area contributed by atoms with E-state index in [1.807, 2.05) is 121 Å². The number of hydrogen-bond donors (Lipinski definition) is 7. The van der Waals surface area contributed by atoms with Crippen molar-refractivity contribution in [3.63, 3.8) is 0 Å². The number of hydrogen-bond acceptors (Lipinski definition) is 18. The van der Waals surface area contributed by atoms with Crippen LogP contribution < -0.4 is 42.2 Å². The van der Waals surface area contributed by atoms with Crippen molar-refractivity contribution in [1.29, 1.82) is 0 Å². The van der Waals surface area contributed by atoms with Gasteiger partial charge in [-0.1, -0.05) is 175 Å². The van der Waals surface area contributed by atoms with Crippen molar-refractivity contribution < 1.29 is 69.8 Å². The summed E-state index contributed by atoms with van der Waals surface area (Å²) in [7, 11) is -7.07. The predicted molar refractivity (Wildman–Crippen MR) is 424 cm³/mol. The van der Waals surface area contributed by atoms with Gasteiger partial charge in [-0.3, -0.25) is 38.3 Å². The Bertz CT molecular complexity index is 4990. The Hall–Kier alpha value is -10.7. The van der Waals surface area contributed by atoms with Gasteiger partial charge in [0.05, 0.1) is 46.1 Å². The molecule has 0 bridgehead atoms. The average molecular weight is 1590 g/mol. The molecule has 6 aromatic rings. The van der Waals surface area contributed by atoms with Crippen LogP contribution in [0.3, 0.4) is 0 Å². The van der Waals surface area contributed by atoms with Crippen LogP contribution in [0, 0.1) is 22.7 Å². The van der Waals surface area contributed by atoms with Crippen molar-refractivity contribution in [2.45, 2.75) is 203 Å². The normalized spacial score (nSPS) is 22.5. The molecule has 0 radical (unpaired) electrons. The van der Waals surface area contributed by atoms with Crippen LogP contribution in [0.5, 0.6) is 0 Å². The number of carbonyl (C=O) groups excluding carboxylic acids is 7. The molecule has 6 fully saturated rings. The van der Waals surface area contributed by atoms with Gasteiger partial charge in [0, 0.05) is 48.9 Å². The topological polar surface area (TPSA) is 406 Å². The molecule has 604 valence electrons. The fourth-order valence-corrected chi connectivity index (χ4v) is 16.2. The Morgan fingerprint density at radius 2 is 0.867 bits per heavy atom. The molecular weight excluding hydrogens is 1490 g/mol. The number of primary sulfonamides is 1. The van der Waals surface area contributed by atoms with E-state index in [4.69, 9.17) is 14.6 Å². The van der Waals surface area contributed by atoms with Gasteiger partial charge in [-0.05, 0) is 113 Å². The Morgan fingerprint density at radius 3 is 1.16 bits per heavy atom. The fraction of sp³-hybridized carbons (Fsp3) is 0.463. The van der Waals surface area contributed by atoms with Crippen molar-refractivity contribution in [3.8, 4) is 44.5 Å². The maximum atomic E-state index is 14.7. The summed E-state index contributed by atoms with van der Waals surface area (Å²) < 4.78 is 61.5. The number of aliphatic carboxylic acids is 1. The number of nitrogens with zero attached hydrogens (tertiary/aromatic N) is 6. The third-order valence-electron chi connectivity index (χ3n) is 20.5. The van der Waals surface area contributed by atoms with E-state index in [9.17, 15) is 69.9 Å². The Morgan fingerprint density at radius 1 is 0.531 bits per heavy atom. The van der Waals surface area contributed by atoms with Gasteiger partial charge in [-0.15, -0.1) is 13.2 Å². The second-order valence-electron chi connectivity index (χ2n) is 33.8. The number of amides is 7. The van der Waals surface area contributed by atoms with Crippen LogP contribution in [-0.2, 0) is 58.3 Å². The number of nitrogens with one attached hydrogen (secondary N) is 5. The lowest BCUT2D eigenvalue weighted by Crippen LogP contribution is -2.60. The number of benzene rings is 4. The molecule has 8 N–H and O–H groups in total. The largest absolute Gasteiger partial charge is 0.479 e. The van der Waals surface area contributed by atoms with E-state index in [-0.39, 0.29) is 44.0 Å². The molecule has 4 saturated carbocycles. The number of rotatable bonds is 21. The average Bonchev–Trinajstić information content (AvgIpc) is 1.58. The molecule has 7 amide bonds. The van der Waals surface area contributed by atoms with E-state index in [0.29, 0.717) is 46.2 Å². The Labute approximate surface area is 658 Å². The van der Waals surface area contributed by atoms with Crippen LogP contribution in [0.1, 0.15) is 147 Å². The molecule has 4 aromatic carbocycles. The van der Waals surface area contributed by atoms with E-state index in [1.165, 1.54) is 31.3 Å². The van der Waals surface area contributed by atoms with Crippen LogP contribution in [0.25, 0.3) is 44.5 Å². The van der Waals surface area contributed by atoms with E-state index in [0.717, 1.165) is 24.0 Å². The summed E-state index contributed by atoms with van der Waals surface area (Å²) in [6, 6.07) is 30.8. The molecule has 2 saturated heterocycles. The van der Waals surface area contributed by atoms with Gasteiger partial charge < -0.3 is 45.6 Å². The molecular formula is C82H102N12O17S2. The summed E-state index contributed by atoms with van der Waals surface area (Å²) in [4.78, 5) is 141. The molecule has 10 atom stereocenters. The Balaban J connectivity index is 0.000000221. The number of alkyl carbamates (subject to hydrolysis) is 2. The molecule has 0 spiro atoms. The first-order valence-electron chi connectivity index (χ1n) is 37.6. The second-order valence-corrected chi connectivity index (χ2v) is 37.6. The molecule has 4 heterocycles. The summed E-state index contributed by atoms with van der Waals surface area (Å²) >= 11 is 0. The summed E-state index contributed by atoms with van der Waals surface area (Å²) in [6.07, 6.45) is 7.09. The maximum Gasteiger partial charge on any atom is 0.408 e. The number of sulfonamides is 2. The third-order valence-corrected chi connectivity index (χ3v) is 23.8. The van der Waals surface area contributed by atoms with E-state index < -0.39 is 165 Å². The highest BCUT2D eigenvalue weighted by molar-refractivity contribution is 7.91. The lowest BCUT2D eigenvalue weighted by molar-refractivity contribution is -0.146. The molecule has 31 heteroatoms. The number of nitrogens with two attached hydrogens (primary N) is 1. The van der Waals surface area contributed by atoms with Gasteiger partial charge in [0.1, 0.15) is 46.4 Å². The van der Waals surface area contributed by atoms with Crippen molar-refractivity contribution in [1.82, 2.24) is 55.4 Å². The van der Waals surface area contributed by atoms with Crippen molar-refractivity contribution in [2.24, 2.45) is 27.8 Å². The number of ether oxygens (including phenoxy) is 2. The highest BCUT2D eigenvalue weighted by Gasteiger charge is 2.63. The number of carboxylic acid groups (broad SMARTS) is 1. The molecule has 4 aliphatic carbocycles. The van der Waals surface area contributed by atoms with Gasteiger partial charge in [-0.2, -0.15) is 10.2 Å². The molecule has 113 heavy (non-hydrogen) atoms. The molecule has 2 aliphatic heterocycles. The molecule has 0 unspecified atom stereocenters. The predicted octanol–water partition coefficient (Wildman–Crippen LogP) is 8.57. The van der Waals surface area contributed by atoms with Gasteiger partial charge in [0.15, 0.2) is 0 Å². The first kappa shape index (κ1) is 84.8. The van der Waals surface area contributed by atoms with Crippen LogP contribution in [0.15, 0.2) is 169 Å². The maximum absolute atomic E-state index is 14.7. The smallest absolute Gasteiger partial charge is 0.408 e. The van der Waals surface area contributed by atoms with Crippen LogP contribution >= 0.6 is 0 Å². The van der Waals surface area contributed by atoms with Crippen molar-refractivity contribution in [2.75, 3.05) is 13.1 Å². The lowest BCUT2D eigenvalue weighted by Gasteiger charge is -2.36. The highest BCUT2D eigenvalue weighted by atomic mass is 32.2. The van der Waals surface area contributed by atoms with Gasteiger partial charge in [0.2, 0.25) is 43.7 Å². The quantitative estimate of drug-likeness (QED) is 0.0332. The molecule has 2 aromatic heterocycles. The SMILES string of the molecule is C=C[C@@H]1C[C@]1(NC(=O)[C@@H]1C[C@@H](n2ncc(-c3ccccc3)c(-c3ccccc3)c2=O)CN1C(=O)[C@@H](NC(=O)OC(C)(C)C)C(C)(C)C)C(=O)NS(=O)(=O)C1CC1.C=C[C@@H]1C[C@]1(NC(=O)[C@@H]1C[C@@H](n2ncc(-c3ccccc3)c(-c3ccccc3)c2=O)CN1C(=O)[C@@H](NC(=O)OC(C)(C)C)C(C)(C)C)C(=O)O.NS(=O)(=O)C1CC1. The summed E-state index contributed by atoms with van der Waals surface area (Å²) in [5.41, 5.74) is -2.47. The van der Waals surface area contributed by atoms with Crippen LogP contribution in [0.2, 0.25) is 0 Å². The third kappa shape index (κ3) is 19.9. The fourth-order valence-electron chi connectivity index (χ4n) is 14.1. The highest BCUT2D eigenvalue weighted by Crippen LogP contribution is 2.47. The zero-order valence-electron chi connectivity index (χ0n) is 65.7. The monoisotopic (exact) mass is 1590 g/mol. The van der Waals surface area contributed by atoms with Crippen molar-refractivity contribution >= 4 is 67.7 Å². The minimum atomic E-state index is -3.94. The number of aromatic nitrogens is 4. The number of likely N-dealkylation sites (tertiary alicyclic amines) is 2. The zero-order valence-corrected chi connectivity index (χ0v) is 67.3. The standard InChI is InChI=1S/C41H50N6O8S.C38H45N5O7.C3H7NO2S/c1-8-27-22-41(27,37(51)45-56(53,54)29-19-20-29)44-34(48)31-21-28(24-46(31)36(50)33(39(2,3)4)43-38(52)55-40(5,6)7)47-35(49)32(26-17-13-10-14-18-26)30(23-42-47)25-15-11-9-12-16-25;1-8-25-20-38(25,34(47)48)41-31(44)28-19-26(22-42(28)33(46)30(36(2,3)4)40-35(49)50-37(5,6)7)43-32(45)29(24-17-13-10-14-18-24)27(21-39-43)23-15-11-9-12-16-23;4-7(5,6)3-1-2-3/h8-18,23,27-29,31,33H,1,19-22,24H2,2-7H3,(H,43,52)(H,44,48)(H,45,51);8-18,21,25-26,28,30H,1,19-20,22H2,2-7H3,(H,40,49)(H,41,44)(H,47,48);3H,1-2H2,(H2,4,5,6)/t27-,28-,31+,33-,41-;25-,26-,28+,30-,38-;/m11./s1. The minimum Gasteiger partial charge on any atom is -0.479 e. The summed E-state index contributed by atoms with van der Waals surface area (Å²) in [5.74, 6) is -5.74. The summed E-state index contributed by atoms with van der Waals surface area (Å²) in [5, 5.41) is 33.9. The van der Waals surface area contributed by atoms with Gasteiger partial charge in [0.25, 0.3) is 17.0 Å².